The maximum Gasteiger partial charge on any atom is 0.338 e. The monoisotopic (exact) mass is 405 g/mol. The number of ether oxygens (including phenoxy) is 1. The van der Waals surface area contributed by atoms with Gasteiger partial charge in [-0.3, -0.25) is 10.1 Å². The molecule has 4 N–H and O–H groups in total. The Morgan fingerprint density at radius 3 is 2.29 bits per heavy atom. The predicted octanol–water partition coefficient (Wildman–Crippen LogP) is 2.87. The number of anilines is 1. The molecule has 0 aliphatic heterocycles. The molecular formula is C20H24ClN3O4. The number of hydrogen-bond acceptors (Lipinski definition) is 5. The van der Waals surface area contributed by atoms with E-state index in [1.54, 1.807) is 0 Å². The largest absolute Gasteiger partial charge is 0.452 e. The normalized spacial score (nSPS) is 30.0. The van der Waals surface area contributed by atoms with Gasteiger partial charge in [0, 0.05) is 5.54 Å². The van der Waals surface area contributed by atoms with Crippen LogP contribution < -0.4 is 16.4 Å². The lowest BCUT2D eigenvalue weighted by Gasteiger charge is -2.56. The molecular weight excluding hydrogens is 382 g/mol. The molecule has 28 heavy (non-hydrogen) atoms. The zero-order valence-corrected chi connectivity index (χ0v) is 16.3. The molecule has 4 fully saturated rings. The summed E-state index contributed by atoms with van der Waals surface area (Å²) in [6.45, 7) is -0.546. The van der Waals surface area contributed by atoms with E-state index in [9.17, 15) is 14.4 Å². The molecule has 8 heteroatoms. The van der Waals surface area contributed by atoms with Gasteiger partial charge in [-0.1, -0.05) is 11.6 Å². The number of benzene rings is 1. The highest BCUT2D eigenvalue weighted by Gasteiger charge is 2.51. The Kier molecular flexibility index (Phi) is 4.95. The third-order valence-corrected chi connectivity index (χ3v) is 6.58. The van der Waals surface area contributed by atoms with Crippen molar-refractivity contribution in [2.75, 3.05) is 12.3 Å². The van der Waals surface area contributed by atoms with Crippen molar-refractivity contribution in [3.63, 3.8) is 0 Å². The number of nitrogen functional groups attached to an aromatic ring is 1. The van der Waals surface area contributed by atoms with Crippen molar-refractivity contribution in [2.45, 2.75) is 44.1 Å². The molecule has 4 bridgehead atoms. The number of esters is 1. The van der Waals surface area contributed by atoms with E-state index in [1.807, 2.05) is 0 Å². The molecule has 3 amide bonds. The average molecular weight is 406 g/mol. The van der Waals surface area contributed by atoms with E-state index >= 15 is 0 Å². The molecule has 7 nitrogen and oxygen atoms in total. The van der Waals surface area contributed by atoms with Gasteiger partial charge < -0.3 is 15.8 Å². The van der Waals surface area contributed by atoms with E-state index in [4.69, 9.17) is 22.1 Å². The highest BCUT2D eigenvalue weighted by molar-refractivity contribution is 6.33. The first-order valence-electron chi connectivity index (χ1n) is 9.66. The van der Waals surface area contributed by atoms with Crippen molar-refractivity contribution < 1.29 is 19.1 Å². The molecule has 1 aromatic carbocycles. The summed E-state index contributed by atoms with van der Waals surface area (Å²) in [6.07, 6.45) is 6.79. The Labute approximate surface area is 168 Å². The zero-order chi connectivity index (χ0) is 19.9. The number of imide groups is 1. The van der Waals surface area contributed by atoms with Crippen molar-refractivity contribution >= 4 is 35.2 Å². The van der Waals surface area contributed by atoms with Crippen LogP contribution in [0.5, 0.6) is 0 Å². The number of nitrogens with two attached hydrogens (primary N) is 1. The summed E-state index contributed by atoms with van der Waals surface area (Å²) in [5, 5.41) is 5.65. The molecule has 1 aromatic rings. The van der Waals surface area contributed by atoms with Gasteiger partial charge in [0.05, 0.1) is 16.3 Å². The standard InChI is InChI=1S/C20H24ClN3O4/c21-15-2-1-14(6-16(15)22)18(26)28-10-17(25)23-19(27)24-20-7-11-3-12(8-20)5-13(4-11)9-20/h1-2,6,11-13H,3-5,7-10,22H2,(H2,23,24,25,27). The van der Waals surface area contributed by atoms with Crippen molar-refractivity contribution in [2.24, 2.45) is 17.8 Å². The van der Waals surface area contributed by atoms with Crippen LogP contribution in [0.4, 0.5) is 10.5 Å². The van der Waals surface area contributed by atoms with E-state index in [0.29, 0.717) is 22.8 Å². The fourth-order valence-corrected chi connectivity index (χ4v) is 5.70. The number of amides is 3. The summed E-state index contributed by atoms with van der Waals surface area (Å²) in [5.74, 6) is 0.692. The number of halogens is 1. The Morgan fingerprint density at radius 2 is 1.71 bits per heavy atom. The SMILES string of the molecule is Nc1cc(C(=O)OCC(=O)NC(=O)NC23CC4CC(CC(C4)C2)C3)ccc1Cl. The number of carbonyl (C=O) groups excluding carboxylic acids is 3. The molecule has 0 spiro atoms. The van der Waals surface area contributed by atoms with Gasteiger partial charge in [0.15, 0.2) is 6.61 Å². The molecule has 0 aromatic heterocycles. The third kappa shape index (κ3) is 3.94. The lowest BCUT2D eigenvalue weighted by Crippen LogP contribution is -2.62. The van der Waals surface area contributed by atoms with Crippen LogP contribution in [0.2, 0.25) is 5.02 Å². The van der Waals surface area contributed by atoms with Gasteiger partial charge in [-0.05, 0) is 74.5 Å². The quantitative estimate of drug-likeness (QED) is 0.527. The van der Waals surface area contributed by atoms with Crippen LogP contribution in [0.15, 0.2) is 18.2 Å². The van der Waals surface area contributed by atoms with E-state index < -0.39 is 24.5 Å². The first kappa shape index (κ1) is 19.1. The number of hydrogen-bond donors (Lipinski definition) is 3. The molecule has 0 atom stereocenters. The van der Waals surface area contributed by atoms with E-state index in [-0.39, 0.29) is 16.8 Å². The second-order valence-corrected chi connectivity index (χ2v) is 8.92. The lowest BCUT2D eigenvalue weighted by molar-refractivity contribution is -0.123. The van der Waals surface area contributed by atoms with Gasteiger partial charge in [0.2, 0.25) is 0 Å². The molecule has 0 unspecified atom stereocenters. The molecule has 4 aliphatic rings. The van der Waals surface area contributed by atoms with Crippen LogP contribution in [0.1, 0.15) is 48.9 Å². The Hall–Kier alpha value is -2.28. The summed E-state index contributed by atoms with van der Waals surface area (Å²) in [4.78, 5) is 36.3. The van der Waals surface area contributed by atoms with Crippen LogP contribution >= 0.6 is 11.6 Å². The van der Waals surface area contributed by atoms with Crippen molar-refractivity contribution in [1.29, 1.82) is 0 Å². The van der Waals surface area contributed by atoms with Crippen LogP contribution in [0.3, 0.4) is 0 Å². The number of urea groups is 1. The molecule has 0 radical (unpaired) electrons. The topological polar surface area (TPSA) is 111 Å². The Morgan fingerprint density at radius 1 is 1.11 bits per heavy atom. The predicted molar refractivity (Wildman–Crippen MR) is 104 cm³/mol. The third-order valence-electron chi connectivity index (χ3n) is 6.24. The first-order chi connectivity index (χ1) is 13.3. The molecule has 4 aliphatic carbocycles. The second-order valence-electron chi connectivity index (χ2n) is 8.51. The highest BCUT2D eigenvalue weighted by atomic mass is 35.5. The maximum absolute atomic E-state index is 12.3. The smallest absolute Gasteiger partial charge is 0.338 e. The van der Waals surface area contributed by atoms with Gasteiger partial charge in [-0.2, -0.15) is 0 Å². The summed E-state index contributed by atoms with van der Waals surface area (Å²) >= 11 is 5.81. The molecule has 5 rings (SSSR count). The van der Waals surface area contributed by atoms with E-state index in [1.165, 1.54) is 37.5 Å². The molecule has 0 saturated heterocycles. The van der Waals surface area contributed by atoms with Gasteiger partial charge in [-0.15, -0.1) is 0 Å². The van der Waals surface area contributed by atoms with Gasteiger partial charge in [0.1, 0.15) is 0 Å². The van der Waals surface area contributed by atoms with Crippen molar-refractivity contribution in [1.82, 2.24) is 10.6 Å². The molecule has 150 valence electrons. The van der Waals surface area contributed by atoms with Crippen molar-refractivity contribution in [3.05, 3.63) is 28.8 Å². The summed E-state index contributed by atoms with van der Waals surface area (Å²) in [5.41, 5.74) is 5.90. The van der Waals surface area contributed by atoms with E-state index in [2.05, 4.69) is 10.6 Å². The first-order valence-corrected chi connectivity index (χ1v) is 10.0. The summed E-state index contributed by atoms with van der Waals surface area (Å²) in [6, 6.07) is 3.80. The average Bonchev–Trinajstić information content (AvgIpc) is 2.60. The minimum atomic E-state index is -0.708. The fraction of sp³-hybridized carbons (Fsp3) is 0.550. The van der Waals surface area contributed by atoms with Crippen molar-refractivity contribution in [3.8, 4) is 0 Å². The summed E-state index contributed by atoms with van der Waals surface area (Å²) in [7, 11) is 0. The van der Waals surface area contributed by atoms with Gasteiger partial charge in [0.25, 0.3) is 5.91 Å². The summed E-state index contributed by atoms with van der Waals surface area (Å²) < 4.78 is 4.95. The maximum atomic E-state index is 12.3. The molecule has 4 saturated carbocycles. The van der Waals surface area contributed by atoms with Gasteiger partial charge in [-0.25, -0.2) is 9.59 Å². The Bertz CT molecular complexity index is 790. The minimum absolute atomic E-state index is 0.184. The van der Waals surface area contributed by atoms with Gasteiger partial charge >= 0.3 is 12.0 Å². The minimum Gasteiger partial charge on any atom is -0.452 e. The van der Waals surface area contributed by atoms with Crippen LogP contribution in [-0.4, -0.2) is 30.1 Å². The van der Waals surface area contributed by atoms with Crippen LogP contribution in [0, 0.1) is 17.8 Å². The molecule has 0 heterocycles. The number of rotatable bonds is 4. The number of carbonyl (C=O) groups is 3. The second kappa shape index (κ2) is 7.28. The fourth-order valence-electron chi connectivity index (χ4n) is 5.58. The highest BCUT2D eigenvalue weighted by Crippen LogP contribution is 2.55. The van der Waals surface area contributed by atoms with E-state index in [0.717, 1.165) is 19.3 Å². The van der Waals surface area contributed by atoms with Crippen LogP contribution in [0.25, 0.3) is 0 Å². The number of nitrogens with one attached hydrogen (secondary N) is 2. The lowest BCUT2D eigenvalue weighted by atomic mass is 9.53. The zero-order valence-electron chi connectivity index (χ0n) is 15.5. The van der Waals surface area contributed by atoms with Crippen LogP contribution in [-0.2, 0) is 9.53 Å². The Balaban J connectivity index is 1.26.